The largest absolute Gasteiger partial charge is 0.375 e. The summed E-state index contributed by atoms with van der Waals surface area (Å²) >= 11 is 0. The van der Waals surface area contributed by atoms with Crippen LogP contribution in [0.1, 0.15) is 76.4 Å². The lowest BCUT2D eigenvalue weighted by Gasteiger charge is -2.30. The van der Waals surface area contributed by atoms with Gasteiger partial charge in [0.1, 0.15) is 11.6 Å². The van der Waals surface area contributed by atoms with E-state index in [1.165, 1.54) is 11.1 Å². The lowest BCUT2D eigenvalue weighted by molar-refractivity contribution is 0.115. The molecule has 2 aromatic heterocycles. The molecular formula is C46H56N6O2. The Morgan fingerprint density at radius 2 is 0.852 bits per heavy atom. The number of nitrogens with one attached hydrogen (secondary N) is 4. The first kappa shape index (κ1) is 38.9. The summed E-state index contributed by atoms with van der Waals surface area (Å²) in [5, 5.41) is 7.34. The Morgan fingerprint density at radius 1 is 0.500 bits per heavy atom. The molecule has 8 heteroatoms. The van der Waals surface area contributed by atoms with E-state index in [1.54, 1.807) is 0 Å². The molecule has 54 heavy (non-hydrogen) atoms. The molecule has 0 fully saturated rings. The first-order chi connectivity index (χ1) is 26.0. The van der Waals surface area contributed by atoms with Crippen LogP contribution in [0.15, 0.2) is 122 Å². The zero-order valence-electron chi connectivity index (χ0n) is 32.7. The summed E-state index contributed by atoms with van der Waals surface area (Å²) in [6, 6.07) is 38.0. The molecule has 0 amide bonds. The second kappa shape index (κ2) is 18.0. The SMILES string of the molecule is CC(C)(C)[C@H](NCCOCc1ccccc1)c1ncc(-c2ccc(-c3ccc(-c4cnc([C@@H](NCCOCc5ccccc5)C(C)(C)C)[nH]4)cc3)cc2)[nH]1. The Morgan fingerprint density at radius 3 is 1.20 bits per heavy atom. The van der Waals surface area contributed by atoms with Gasteiger partial charge in [0.05, 0.1) is 62.3 Å². The molecule has 0 aliphatic rings. The molecule has 0 radical (unpaired) electrons. The first-order valence-electron chi connectivity index (χ1n) is 19.1. The number of ether oxygens (including phenoxy) is 2. The Labute approximate surface area is 321 Å². The number of imidazole rings is 2. The van der Waals surface area contributed by atoms with Crippen LogP contribution in [0.25, 0.3) is 33.6 Å². The van der Waals surface area contributed by atoms with Crippen LogP contribution in [0.4, 0.5) is 0 Å². The molecule has 6 rings (SSSR count). The fourth-order valence-electron chi connectivity index (χ4n) is 6.65. The molecule has 2 atom stereocenters. The van der Waals surface area contributed by atoms with Gasteiger partial charge in [-0.2, -0.15) is 0 Å². The van der Waals surface area contributed by atoms with Crippen molar-refractivity contribution >= 4 is 0 Å². The highest BCUT2D eigenvalue weighted by atomic mass is 16.5. The molecule has 282 valence electrons. The molecule has 0 saturated heterocycles. The highest BCUT2D eigenvalue weighted by molar-refractivity contribution is 5.71. The Kier molecular flexibility index (Phi) is 12.9. The molecule has 6 aromatic rings. The number of rotatable bonds is 17. The summed E-state index contributed by atoms with van der Waals surface area (Å²) in [7, 11) is 0. The van der Waals surface area contributed by atoms with Gasteiger partial charge in [-0.15, -0.1) is 0 Å². The van der Waals surface area contributed by atoms with Crippen molar-refractivity contribution in [3.8, 4) is 33.6 Å². The smallest absolute Gasteiger partial charge is 0.124 e. The maximum absolute atomic E-state index is 5.92. The minimum absolute atomic E-state index is 0.0360. The lowest BCUT2D eigenvalue weighted by atomic mass is 9.86. The molecule has 0 unspecified atom stereocenters. The number of benzene rings is 4. The van der Waals surface area contributed by atoms with Gasteiger partial charge in [-0.1, -0.05) is 151 Å². The molecule has 0 spiro atoms. The van der Waals surface area contributed by atoms with E-state index in [1.807, 2.05) is 48.8 Å². The third kappa shape index (κ3) is 10.6. The molecular weight excluding hydrogens is 669 g/mol. The topological polar surface area (TPSA) is 99.9 Å². The molecule has 0 bridgehead atoms. The van der Waals surface area contributed by atoms with Crippen molar-refractivity contribution in [2.45, 2.75) is 66.8 Å². The van der Waals surface area contributed by atoms with Crippen molar-refractivity contribution in [1.29, 1.82) is 0 Å². The maximum atomic E-state index is 5.92. The Hall–Kier alpha value is -4.86. The van der Waals surface area contributed by atoms with Gasteiger partial charge in [0.25, 0.3) is 0 Å². The minimum atomic E-state index is -0.0360. The van der Waals surface area contributed by atoms with E-state index in [-0.39, 0.29) is 22.9 Å². The van der Waals surface area contributed by atoms with Crippen LogP contribution in [-0.2, 0) is 22.7 Å². The van der Waals surface area contributed by atoms with Gasteiger partial charge < -0.3 is 30.1 Å². The average molecular weight is 725 g/mol. The molecule has 2 heterocycles. The van der Waals surface area contributed by atoms with Crippen molar-refractivity contribution in [3.05, 3.63) is 144 Å². The standard InChI is InChI=1S/C46H56N6O2/c1-45(2,3)41(47-25-27-53-31-33-13-9-7-10-14-33)43-49-29-39(51-43)37-21-17-35(18-22-37)36-19-23-38(24-20-36)40-30-50-44(52-40)42(46(4,5)6)48-26-28-54-32-34-15-11-8-12-16-34/h7-24,29-30,41-42,47-48H,25-28,31-32H2,1-6H3,(H,49,51)(H,50,52)/t41-,42-/m1/s1. The van der Waals surface area contributed by atoms with E-state index < -0.39 is 0 Å². The zero-order valence-corrected chi connectivity index (χ0v) is 32.7. The summed E-state index contributed by atoms with van der Waals surface area (Å²) < 4.78 is 11.8. The third-order valence-corrected chi connectivity index (χ3v) is 9.61. The summed E-state index contributed by atoms with van der Waals surface area (Å²) in [4.78, 5) is 16.8. The van der Waals surface area contributed by atoms with Gasteiger partial charge in [0.2, 0.25) is 0 Å². The van der Waals surface area contributed by atoms with Crippen LogP contribution in [0, 0.1) is 10.8 Å². The molecule has 0 saturated carbocycles. The highest BCUT2D eigenvalue weighted by Crippen LogP contribution is 2.34. The summed E-state index contributed by atoms with van der Waals surface area (Å²) in [5.41, 5.74) is 8.81. The molecule has 0 aliphatic heterocycles. The van der Waals surface area contributed by atoms with Gasteiger partial charge in [-0.3, -0.25) is 0 Å². The van der Waals surface area contributed by atoms with Crippen LogP contribution in [0.2, 0.25) is 0 Å². The number of nitrogens with zero attached hydrogens (tertiary/aromatic N) is 2. The Balaban J connectivity index is 1.03. The molecule has 0 aliphatic carbocycles. The fraction of sp³-hybridized carbons (Fsp3) is 0.348. The predicted octanol–water partition coefficient (Wildman–Crippen LogP) is 9.92. The van der Waals surface area contributed by atoms with Crippen LogP contribution < -0.4 is 10.6 Å². The lowest BCUT2D eigenvalue weighted by Crippen LogP contribution is -2.35. The summed E-state index contributed by atoms with van der Waals surface area (Å²) in [6.07, 6.45) is 3.87. The summed E-state index contributed by atoms with van der Waals surface area (Å²) in [6.45, 7) is 17.3. The van der Waals surface area contributed by atoms with E-state index in [0.29, 0.717) is 26.4 Å². The Bertz CT molecular complexity index is 1840. The third-order valence-electron chi connectivity index (χ3n) is 9.61. The van der Waals surface area contributed by atoms with Gasteiger partial charge in [0, 0.05) is 13.1 Å². The van der Waals surface area contributed by atoms with Gasteiger partial charge in [0.15, 0.2) is 0 Å². The fourth-order valence-corrected chi connectivity index (χ4v) is 6.65. The van der Waals surface area contributed by atoms with Crippen LogP contribution in [-0.4, -0.2) is 46.2 Å². The van der Waals surface area contributed by atoms with E-state index in [2.05, 4.69) is 135 Å². The molecule has 8 nitrogen and oxygen atoms in total. The van der Waals surface area contributed by atoms with Crippen molar-refractivity contribution in [3.63, 3.8) is 0 Å². The number of aromatic nitrogens is 4. The monoisotopic (exact) mass is 724 g/mol. The second-order valence-corrected chi connectivity index (χ2v) is 16.1. The summed E-state index contributed by atoms with van der Waals surface area (Å²) in [5.74, 6) is 1.86. The predicted molar refractivity (Wildman–Crippen MR) is 220 cm³/mol. The first-order valence-corrected chi connectivity index (χ1v) is 19.1. The maximum Gasteiger partial charge on any atom is 0.124 e. The van der Waals surface area contributed by atoms with Gasteiger partial charge in [-0.25, -0.2) is 9.97 Å². The van der Waals surface area contributed by atoms with Crippen LogP contribution >= 0.6 is 0 Å². The minimum Gasteiger partial charge on any atom is -0.375 e. The van der Waals surface area contributed by atoms with Gasteiger partial charge in [-0.05, 0) is 44.2 Å². The number of hydrogen-bond donors (Lipinski definition) is 4. The van der Waals surface area contributed by atoms with E-state index >= 15 is 0 Å². The van der Waals surface area contributed by atoms with Crippen molar-refractivity contribution < 1.29 is 9.47 Å². The highest BCUT2D eigenvalue weighted by Gasteiger charge is 2.29. The van der Waals surface area contributed by atoms with E-state index in [0.717, 1.165) is 58.4 Å². The molecule has 4 aromatic carbocycles. The normalized spacial score (nSPS) is 13.2. The quantitative estimate of drug-likeness (QED) is 0.0699. The van der Waals surface area contributed by atoms with E-state index in [9.17, 15) is 0 Å². The van der Waals surface area contributed by atoms with Crippen molar-refractivity contribution in [2.75, 3.05) is 26.3 Å². The van der Waals surface area contributed by atoms with Gasteiger partial charge >= 0.3 is 0 Å². The number of aromatic amines is 2. The zero-order chi connectivity index (χ0) is 38.0. The van der Waals surface area contributed by atoms with E-state index in [4.69, 9.17) is 19.4 Å². The van der Waals surface area contributed by atoms with Crippen LogP contribution in [0.5, 0.6) is 0 Å². The number of hydrogen-bond acceptors (Lipinski definition) is 6. The second-order valence-electron chi connectivity index (χ2n) is 16.1. The molecule has 4 N–H and O–H groups in total. The van der Waals surface area contributed by atoms with Crippen molar-refractivity contribution in [1.82, 2.24) is 30.6 Å². The number of H-pyrrole nitrogens is 2. The van der Waals surface area contributed by atoms with Crippen LogP contribution in [0.3, 0.4) is 0 Å². The average Bonchev–Trinajstić information content (AvgIpc) is 3.85. The van der Waals surface area contributed by atoms with Crippen molar-refractivity contribution in [2.24, 2.45) is 10.8 Å².